The molecule has 4 rings (SSSR count). The van der Waals surface area contributed by atoms with Gasteiger partial charge in [-0.2, -0.15) is 0 Å². The molecule has 2 aromatic heterocycles. The highest BCUT2D eigenvalue weighted by molar-refractivity contribution is 5.97. The Morgan fingerprint density at radius 3 is 2.76 bits per heavy atom. The summed E-state index contributed by atoms with van der Waals surface area (Å²) in [4.78, 5) is 26.0. The van der Waals surface area contributed by atoms with Crippen LogP contribution in [0.3, 0.4) is 0 Å². The van der Waals surface area contributed by atoms with Gasteiger partial charge in [0.15, 0.2) is 0 Å². The minimum absolute atomic E-state index is 0.0188. The lowest BCUT2D eigenvalue weighted by Gasteiger charge is -2.27. The highest BCUT2D eigenvalue weighted by atomic mass is 16.5. The minimum Gasteiger partial charge on any atom is -0.378 e. The van der Waals surface area contributed by atoms with Crippen LogP contribution in [0.25, 0.3) is 11.0 Å². The van der Waals surface area contributed by atoms with Crippen molar-refractivity contribution in [2.45, 2.75) is 12.8 Å². The summed E-state index contributed by atoms with van der Waals surface area (Å²) in [5, 5.41) is 0. The van der Waals surface area contributed by atoms with Crippen LogP contribution >= 0.6 is 0 Å². The molecule has 0 saturated carbocycles. The molecule has 8 nitrogen and oxygen atoms in total. The Balaban J connectivity index is 1.45. The lowest BCUT2D eigenvalue weighted by atomic mass is 10.1. The zero-order valence-electron chi connectivity index (χ0n) is 17.3. The Morgan fingerprint density at radius 2 is 2.03 bits per heavy atom. The van der Waals surface area contributed by atoms with E-state index < -0.39 is 0 Å². The number of carbonyl (C=O) groups is 1. The van der Waals surface area contributed by atoms with Crippen LogP contribution in [0.15, 0.2) is 30.6 Å². The predicted molar refractivity (Wildman–Crippen MR) is 112 cm³/mol. The first-order valence-electron chi connectivity index (χ1n) is 10.1. The number of aryl methyl sites for hydroxylation is 3. The Labute approximate surface area is 170 Å². The number of aromatic nitrogens is 4. The molecule has 3 aromatic rings. The van der Waals surface area contributed by atoms with Crippen LogP contribution in [0.5, 0.6) is 0 Å². The molecule has 1 saturated heterocycles. The summed E-state index contributed by atoms with van der Waals surface area (Å²) in [5.41, 5.74) is 2.55. The molecule has 0 atom stereocenters. The third-order valence-electron chi connectivity index (χ3n) is 5.56. The van der Waals surface area contributed by atoms with Gasteiger partial charge in [-0.3, -0.25) is 4.79 Å². The molecular weight excluding hydrogens is 368 g/mol. The average molecular weight is 396 g/mol. The van der Waals surface area contributed by atoms with Gasteiger partial charge in [-0.05, 0) is 24.6 Å². The molecule has 29 heavy (non-hydrogen) atoms. The van der Waals surface area contributed by atoms with E-state index in [-0.39, 0.29) is 5.91 Å². The zero-order chi connectivity index (χ0) is 20.4. The number of rotatable bonds is 6. The second-order valence-corrected chi connectivity index (χ2v) is 7.56. The van der Waals surface area contributed by atoms with Crippen molar-refractivity contribution in [2.24, 2.45) is 14.1 Å². The second-order valence-electron chi connectivity index (χ2n) is 7.56. The number of imidazole rings is 2. The maximum absolute atomic E-state index is 12.9. The number of hydrogen-bond donors (Lipinski definition) is 0. The number of nitrogens with zero attached hydrogens (tertiary/aromatic N) is 6. The maximum Gasteiger partial charge on any atom is 0.253 e. The normalized spacial score (nSPS) is 14.5. The number of anilines is 1. The van der Waals surface area contributed by atoms with Crippen LogP contribution in [0.4, 0.5) is 5.95 Å². The summed E-state index contributed by atoms with van der Waals surface area (Å²) in [6.45, 7) is 3.79. The monoisotopic (exact) mass is 396 g/mol. The van der Waals surface area contributed by atoms with E-state index in [0.29, 0.717) is 12.1 Å². The van der Waals surface area contributed by atoms with Crippen molar-refractivity contribution in [3.63, 3.8) is 0 Å². The molecule has 8 heteroatoms. The molecule has 0 N–H and O–H groups in total. The van der Waals surface area contributed by atoms with E-state index in [4.69, 9.17) is 9.72 Å². The molecule has 1 aromatic carbocycles. The molecule has 154 valence electrons. The molecule has 0 bridgehead atoms. The van der Waals surface area contributed by atoms with Crippen LogP contribution in [-0.4, -0.2) is 69.8 Å². The van der Waals surface area contributed by atoms with Crippen molar-refractivity contribution in [2.75, 3.05) is 44.8 Å². The quantitative estimate of drug-likeness (QED) is 0.636. The molecule has 0 radical (unpaired) electrons. The van der Waals surface area contributed by atoms with Gasteiger partial charge in [0.25, 0.3) is 5.91 Å². The van der Waals surface area contributed by atoms with Gasteiger partial charge < -0.3 is 23.7 Å². The fraction of sp³-hybridized carbons (Fsp3) is 0.476. The lowest BCUT2D eigenvalue weighted by Crippen LogP contribution is -2.37. The van der Waals surface area contributed by atoms with Gasteiger partial charge in [-0.1, -0.05) is 0 Å². The smallest absolute Gasteiger partial charge is 0.253 e. The summed E-state index contributed by atoms with van der Waals surface area (Å²) in [6, 6.07) is 5.78. The molecule has 0 unspecified atom stereocenters. The SMILES string of the molecule is CN(CCCc1nccn1C)C(=O)c1ccc2c(c1)nc(N1CCOCC1)n2C. The molecular formula is C21H28N6O2. The first kappa shape index (κ1) is 19.4. The Hall–Kier alpha value is -2.87. The fourth-order valence-electron chi connectivity index (χ4n) is 3.80. The van der Waals surface area contributed by atoms with Crippen molar-refractivity contribution in [3.8, 4) is 0 Å². The summed E-state index contributed by atoms with van der Waals surface area (Å²) in [5.74, 6) is 1.98. The predicted octanol–water partition coefficient (Wildman–Crippen LogP) is 1.85. The molecule has 1 aliphatic rings. The molecule has 3 heterocycles. The van der Waals surface area contributed by atoms with Gasteiger partial charge in [0, 0.05) is 65.2 Å². The van der Waals surface area contributed by atoms with Crippen LogP contribution in [0, 0.1) is 0 Å². The van der Waals surface area contributed by atoms with E-state index in [1.807, 2.05) is 50.1 Å². The van der Waals surface area contributed by atoms with E-state index in [9.17, 15) is 4.79 Å². The molecule has 0 spiro atoms. The maximum atomic E-state index is 12.9. The average Bonchev–Trinajstić information content (AvgIpc) is 3.30. The molecule has 0 aliphatic carbocycles. The number of morpholine rings is 1. The van der Waals surface area contributed by atoms with Crippen LogP contribution in [-0.2, 0) is 25.3 Å². The van der Waals surface area contributed by atoms with Crippen molar-refractivity contribution in [3.05, 3.63) is 42.0 Å². The fourth-order valence-corrected chi connectivity index (χ4v) is 3.80. The number of fused-ring (bicyclic) bond motifs is 1. The van der Waals surface area contributed by atoms with Crippen LogP contribution in [0.1, 0.15) is 22.6 Å². The Bertz CT molecular complexity index is 1000. The number of ether oxygens (including phenoxy) is 1. The highest BCUT2D eigenvalue weighted by Crippen LogP contribution is 2.23. The van der Waals surface area contributed by atoms with Crippen LogP contribution in [0.2, 0.25) is 0 Å². The van der Waals surface area contributed by atoms with Gasteiger partial charge >= 0.3 is 0 Å². The number of hydrogen-bond acceptors (Lipinski definition) is 5. The summed E-state index contributed by atoms with van der Waals surface area (Å²) < 4.78 is 9.55. The van der Waals surface area contributed by atoms with Crippen LogP contribution < -0.4 is 4.90 Å². The van der Waals surface area contributed by atoms with Gasteiger partial charge in [-0.25, -0.2) is 9.97 Å². The van der Waals surface area contributed by atoms with Crippen molar-refractivity contribution in [1.82, 2.24) is 24.0 Å². The van der Waals surface area contributed by atoms with E-state index in [1.54, 1.807) is 11.1 Å². The number of carbonyl (C=O) groups excluding carboxylic acids is 1. The van der Waals surface area contributed by atoms with Crippen molar-refractivity contribution < 1.29 is 9.53 Å². The topological polar surface area (TPSA) is 68.4 Å². The van der Waals surface area contributed by atoms with E-state index in [0.717, 1.165) is 62.0 Å². The molecule has 1 amide bonds. The molecule has 1 fully saturated rings. The van der Waals surface area contributed by atoms with Gasteiger partial charge in [0.05, 0.1) is 24.2 Å². The first-order valence-corrected chi connectivity index (χ1v) is 10.1. The van der Waals surface area contributed by atoms with E-state index >= 15 is 0 Å². The van der Waals surface area contributed by atoms with E-state index in [1.165, 1.54) is 0 Å². The third-order valence-corrected chi connectivity index (χ3v) is 5.56. The summed E-state index contributed by atoms with van der Waals surface area (Å²) in [6.07, 6.45) is 5.47. The largest absolute Gasteiger partial charge is 0.378 e. The molecule has 1 aliphatic heterocycles. The number of benzene rings is 1. The standard InChI is InChI=1S/C21H28N6O2/c1-24-10-8-22-19(24)5-4-9-25(2)20(28)16-6-7-18-17(15-16)23-21(26(18)3)27-11-13-29-14-12-27/h6-8,10,15H,4-5,9,11-14H2,1-3H3. The van der Waals surface area contributed by atoms with E-state index in [2.05, 4.69) is 14.5 Å². The zero-order valence-corrected chi connectivity index (χ0v) is 17.3. The summed E-state index contributed by atoms with van der Waals surface area (Å²) >= 11 is 0. The number of amides is 1. The Morgan fingerprint density at radius 1 is 1.24 bits per heavy atom. The minimum atomic E-state index is 0.0188. The van der Waals surface area contributed by atoms with Crippen molar-refractivity contribution in [1.29, 1.82) is 0 Å². The highest BCUT2D eigenvalue weighted by Gasteiger charge is 2.19. The summed E-state index contributed by atoms with van der Waals surface area (Å²) in [7, 11) is 5.86. The van der Waals surface area contributed by atoms with Crippen molar-refractivity contribution >= 4 is 22.9 Å². The lowest BCUT2D eigenvalue weighted by molar-refractivity contribution is 0.0793. The van der Waals surface area contributed by atoms with Gasteiger partial charge in [0.2, 0.25) is 5.95 Å². The second kappa shape index (κ2) is 8.24. The van der Waals surface area contributed by atoms with Gasteiger partial charge in [0.1, 0.15) is 5.82 Å². The first-order chi connectivity index (χ1) is 14.0. The third kappa shape index (κ3) is 3.98. The Kier molecular flexibility index (Phi) is 5.53. The van der Waals surface area contributed by atoms with Gasteiger partial charge in [-0.15, -0.1) is 0 Å².